The van der Waals surface area contributed by atoms with E-state index in [2.05, 4.69) is 56.7 Å². The number of nitrogens with one attached hydrogen (secondary N) is 1. The number of hydrogen-bond donors (Lipinski definition) is 1. The fraction of sp³-hybridized carbons (Fsp3) is 1.00. The summed E-state index contributed by atoms with van der Waals surface area (Å²) in [6.45, 7) is 20.2. The average Bonchev–Trinajstić information content (AvgIpc) is 2.40. The second kappa shape index (κ2) is 6.55. The van der Waals surface area contributed by atoms with Gasteiger partial charge in [0.15, 0.2) is 0 Å². The monoisotopic (exact) mass is 295 g/mol. The third kappa shape index (κ3) is 4.43. The van der Waals surface area contributed by atoms with Crippen LogP contribution >= 0.6 is 0 Å². The van der Waals surface area contributed by atoms with Crippen LogP contribution in [-0.2, 0) is 0 Å². The first-order chi connectivity index (χ1) is 9.73. The van der Waals surface area contributed by atoms with Crippen molar-refractivity contribution in [2.75, 3.05) is 32.7 Å². The molecule has 1 aliphatic carbocycles. The lowest BCUT2D eigenvalue weighted by molar-refractivity contribution is 0.00412. The summed E-state index contributed by atoms with van der Waals surface area (Å²) in [4.78, 5) is 5.41. The van der Waals surface area contributed by atoms with Crippen LogP contribution in [0.3, 0.4) is 0 Å². The van der Waals surface area contributed by atoms with Crippen LogP contribution in [0.4, 0.5) is 0 Å². The maximum atomic E-state index is 3.76. The Bertz CT molecular complexity index is 324. The molecule has 0 spiro atoms. The van der Waals surface area contributed by atoms with E-state index in [-0.39, 0.29) is 0 Å². The van der Waals surface area contributed by atoms with E-state index < -0.39 is 0 Å². The number of likely N-dealkylation sites (N-methyl/N-ethyl adjacent to an activating group) is 1. The van der Waals surface area contributed by atoms with Crippen LogP contribution in [0.15, 0.2) is 0 Å². The van der Waals surface area contributed by atoms with Crippen molar-refractivity contribution in [3.05, 3.63) is 0 Å². The molecule has 2 atom stereocenters. The molecule has 1 saturated heterocycles. The first-order valence-corrected chi connectivity index (χ1v) is 8.95. The van der Waals surface area contributed by atoms with E-state index in [0.717, 1.165) is 12.6 Å². The molecule has 2 unspecified atom stereocenters. The van der Waals surface area contributed by atoms with Crippen molar-refractivity contribution in [3.8, 4) is 0 Å². The van der Waals surface area contributed by atoms with Gasteiger partial charge in [-0.15, -0.1) is 0 Å². The van der Waals surface area contributed by atoms with E-state index in [4.69, 9.17) is 0 Å². The van der Waals surface area contributed by atoms with Gasteiger partial charge in [0.2, 0.25) is 0 Å². The molecule has 0 amide bonds. The molecule has 1 saturated carbocycles. The molecule has 1 N–H and O–H groups in total. The van der Waals surface area contributed by atoms with Gasteiger partial charge in [-0.2, -0.15) is 0 Å². The molecule has 124 valence electrons. The van der Waals surface area contributed by atoms with E-state index >= 15 is 0 Å². The Hall–Kier alpha value is -0.120. The zero-order chi connectivity index (χ0) is 15.7. The molecule has 0 radical (unpaired) electrons. The maximum absolute atomic E-state index is 3.76. The van der Waals surface area contributed by atoms with Gasteiger partial charge >= 0.3 is 0 Å². The molecule has 0 aromatic rings. The van der Waals surface area contributed by atoms with Crippen molar-refractivity contribution in [2.24, 2.45) is 5.41 Å². The molecule has 0 aromatic carbocycles. The molecular weight excluding hydrogens is 258 g/mol. The van der Waals surface area contributed by atoms with E-state index in [1.165, 1.54) is 45.4 Å². The van der Waals surface area contributed by atoms with Gasteiger partial charge in [0.25, 0.3) is 0 Å². The summed E-state index contributed by atoms with van der Waals surface area (Å²) in [5, 5.41) is 3.76. The summed E-state index contributed by atoms with van der Waals surface area (Å²) in [5.74, 6) is 0. The number of rotatable bonds is 3. The molecule has 0 aromatic heterocycles. The number of nitrogens with zero attached hydrogens (tertiary/aromatic N) is 2. The molecule has 1 heterocycles. The predicted octanol–water partition coefficient (Wildman–Crippen LogP) is 2.96. The highest BCUT2D eigenvalue weighted by atomic mass is 15.3. The summed E-state index contributed by atoms with van der Waals surface area (Å²) < 4.78 is 0. The van der Waals surface area contributed by atoms with Crippen molar-refractivity contribution in [1.29, 1.82) is 0 Å². The minimum absolute atomic E-state index is 0.318. The van der Waals surface area contributed by atoms with Crippen LogP contribution in [0, 0.1) is 5.41 Å². The lowest BCUT2D eigenvalue weighted by atomic mass is 9.72. The lowest BCUT2D eigenvalue weighted by Gasteiger charge is -2.50. The SMILES string of the molecule is CCNC1CCC(C)(C)CC1N1CCN(C(C)(C)C)CC1. The normalized spacial score (nSPS) is 32.3. The van der Waals surface area contributed by atoms with Crippen LogP contribution in [0.2, 0.25) is 0 Å². The molecule has 2 rings (SSSR count). The lowest BCUT2D eigenvalue weighted by Crippen LogP contribution is -2.61. The Labute approximate surface area is 132 Å². The predicted molar refractivity (Wildman–Crippen MR) is 91.8 cm³/mol. The van der Waals surface area contributed by atoms with E-state index in [9.17, 15) is 0 Å². The molecular formula is C18H37N3. The quantitative estimate of drug-likeness (QED) is 0.863. The summed E-state index contributed by atoms with van der Waals surface area (Å²) in [7, 11) is 0. The first kappa shape index (κ1) is 17.2. The summed E-state index contributed by atoms with van der Waals surface area (Å²) >= 11 is 0. The molecule has 1 aliphatic heterocycles. The van der Waals surface area contributed by atoms with Gasteiger partial charge < -0.3 is 5.32 Å². The Balaban J connectivity index is 1.98. The highest BCUT2D eigenvalue weighted by Gasteiger charge is 2.39. The molecule has 0 bridgehead atoms. The Kier molecular flexibility index (Phi) is 5.38. The van der Waals surface area contributed by atoms with Crippen molar-refractivity contribution in [1.82, 2.24) is 15.1 Å². The Morgan fingerprint density at radius 3 is 2.24 bits per heavy atom. The second-order valence-corrected chi connectivity index (χ2v) is 8.83. The third-order valence-corrected chi connectivity index (χ3v) is 5.56. The Morgan fingerprint density at radius 1 is 1.10 bits per heavy atom. The molecule has 3 nitrogen and oxygen atoms in total. The first-order valence-electron chi connectivity index (χ1n) is 8.95. The summed E-state index contributed by atoms with van der Waals surface area (Å²) in [6.07, 6.45) is 4.05. The van der Waals surface area contributed by atoms with Crippen molar-refractivity contribution >= 4 is 0 Å². The van der Waals surface area contributed by atoms with Crippen molar-refractivity contribution < 1.29 is 0 Å². The maximum Gasteiger partial charge on any atom is 0.0255 e. The van der Waals surface area contributed by atoms with Gasteiger partial charge in [-0.05, 0) is 52.0 Å². The van der Waals surface area contributed by atoms with Gasteiger partial charge in [-0.3, -0.25) is 9.80 Å². The van der Waals surface area contributed by atoms with Gasteiger partial charge in [0.1, 0.15) is 0 Å². The smallest absolute Gasteiger partial charge is 0.0255 e. The molecule has 2 aliphatic rings. The van der Waals surface area contributed by atoms with Crippen LogP contribution in [-0.4, -0.2) is 60.1 Å². The molecule has 2 fully saturated rings. The van der Waals surface area contributed by atoms with Crippen LogP contribution in [0.5, 0.6) is 0 Å². The summed E-state index contributed by atoms with van der Waals surface area (Å²) in [6, 6.07) is 1.43. The number of piperazine rings is 1. The van der Waals surface area contributed by atoms with Crippen molar-refractivity contribution in [2.45, 2.75) is 78.4 Å². The molecule has 3 heteroatoms. The van der Waals surface area contributed by atoms with E-state index in [0.29, 0.717) is 17.0 Å². The zero-order valence-corrected chi connectivity index (χ0v) is 15.2. The minimum Gasteiger partial charge on any atom is -0.313 e. The molecule has 21 heavy (non-hydrogen) atoms. The summed E-state index contributed by atoms with van der Waals surface area (Å²) in [5.41, 5.74) is 0.830. The third-order valence-electron chi connectivity index (χ3n) is 5.56. The fourth-order valence-corrected chi connectivity index (χ4v) is 4.16. The minimum atomic E-state index is 0.318. The van der Waals surface area contributed by atoms with Crippen LogP contribution in [0.25, 0.3) is 0 Å². The van der Waals surface area contributed by atoms with Gasteiger partial charge in [0.05, 0.1) is 0 Å². The zero-order valence-electron chi connectivity index (χ0n) is 15.2. The Morgan fingerprint density at radius 2 is 1.71 bits per heavy atom. The number of hydrogen-bond acceptors (Lipinski definition) is 3. The average molecular weight is 296 g/mol. The standard InChI is InChI=1S/C18H37N3/c1-7-19-15-8-9-18(5,6)14-16(15)20-10-12-21(13-11-20)17(2,3)4/h15-16,19H,7-14H2,1-6H3. The fourth-order valence-electron chi connectivity index (χ4n) is 4.16. The highest BCUT2D eigenvalue weighted by Crippen LogP contribution is 2.38. The van der Waals surface area contributed by atoms with Gasteiger partial charge in [-0.1, -0.05) is 20.8 Å². The van der Waals surface area contributed by atoms with Gasteiger partial charge in [0, 0.05) is 43.8 Å². The largest absolute Gasteiger partial charge is 0.313 e. The van der Waals surface area contributed by atoms with Crippen LogP contribution < -0.4 is 5.32 Å². The van der Waals surface area contributed by atoms with E-state index in [1.54, 1.807) is 0 Å². The second-order valence-electron chi connectivity index (χ2n) is 8.83. The van der Waals surface area contributed by atoms with Gasteiger partial charge in [-0.25, -0.2) is 0 Å². The topological polar surface area (TPSA) is 18.5 Å². The highest BCUT2D eigenvalue weighted by molar-refractivity contribution is 4.96. The van der Waals surface area contributed by atoms with Crippen molar-refractivity contribution in [3.63, 3.8) is 0 Å². The van der Waals surface area contributed by atoms with Crippen LogP contribution in [0.1, 0.15) is 60.8 Å². The van der Waals surface area contributed by atoms with E-state index in [1.807, 2.05) is 0 Å².